The predicted octanol–water partition coefficient (Wildman–Crippen LogP) is 1.28. The highest BCUT2D eigenvalue weighted by Crippen LogP contribution is 2.44. The Morgan fingerprint density at radius 2 is 2.06 bits per heavy atom. The minimum atomic E-state index is -1.12. The van der Waals surface area contributed by atoms with E-state index < -0.39 is 23.8 Å². The Hall–Kier alpha value is -3.99. The van der Waals surface area contributed by atoms with Crippen molar-refractivity contribution in [3.8, 4) is 22.9 Å². The zero-order chi connectivity index (χ0) is 24.7. The van der Waals surface area contributed by atoms with E-state index in [0.29, 0.717) is 33.6 Å². The van der Waals surface area contributed by atoms with Gasteiger partial charge in [0.1, 0.15) is 12.7 Å². The molecule has 2 aromatic heterocycles. The molecular weight excluding hydrogens is 473 g/mol. The first kappa shape index (κ1) is 21.3. The standard InChI is InChI=1S/C25H20FN3O7/c26-20-19-12(6-27-24(32)22(31)10-1-2-10)13-7-29-16(3-11-4-18(30)34-8-14(11)25(29)33)21(13)28-15(19)5-17-23(20)36-9-35-17/h3,5,10,22,31H,1-2,4,6-9H2,(H,27,32). The topological polar surface area (TPSA) is 129 Å². The van der Waals surface area contributed by atoms with Crippen LogP contribution in [-0.4, -0.2) is 39.4 Å². The molecule has 1 fully saturated rings. The minimum Gasteiger partial charge on any atom is -0.460 e. The number of rotatable bonds is 4. The fourth-order valence-corrected chi connectivity index (χ4v) is 5.25. The third-order valence-electron chi connectivity index (χ3n) is 7.31. The predicted molar refractivity (Wildman–Crippen MR) is 121 cm³/mol. The largest absolute Gasteiger partial charge is 0.460 e. The molecule has 4 aliphatic rings. The summed E-state index contributed by atoms with van der Waals surface area (Å²) in [4.78, 5) is 42.4. The van der Waals surface area contributed by atoms with Crippen molar-refractivity contribution in [1.82, 2.24) is 14.9 Å². The van der Waals surface area contributed by atoms with Crippen LogP contribution in [0.25, 0.3) is 22.3 Å². The Bertz CT molecular complexity index is 1580. The molecular formula is C25H20FN3O7. The van der Waals surface area contributed by atoms with Gasteiger partial charge in [-0.15, -0.1) is 0 Å². The van der Waals surface area contributed by atoms with Crippen LogP contribution in [0.2, 0.25) is 0 Å². The Morgan fingerprint density at radius 1 is 1.22 bits per heavy atom. The SMILES string of the molecule is O=C1Cc2cc3n(c(=O)c2CO1)Cc1c-3nc2cc3c(c(F)c2c1CNC(=O)C(O)C1CC1)OCO3. The summed E-state index contributed by atoms with van der Waals surface area (Å²) >= 11 is 0. The van der Waals surface area contributed by atoms with Crippen molar-refractivity contribution in [3.63, 3.8) is 0 Å². The van der Waals surface area contributed by atoms with Gasteiger partial charge in [0, 0.05) is 23.6 Å². The van der Waals surface area contributed by atoms with E-state index in [2.05, 4.69) is 5.32 Å². The quantitative estimate of drug-likeness (QED) is 0.407. The van der Waals surface area contributed by atoms with Gasteiger partial charge in [-0.05, 0) is 36.0 Å². The highest BCUT2D eigenvalue weighted by molar-refractivity contribution is 5.92. The monoisotopic (exact) mass is 493 g/mol. The smallest absolute Gasteiger partial charge is 0.310 e. The number of cyclic esters (lactones) is 1. The molecule has 0 bridgehead atoms. The van der Waals surface area contributed by atoms with E-state index in [-0.39, 0.29) is 66.8 Å². The van der Waals surface area contributed by atoms with Crippen LogP contribution in [0.1, 0.15) is 35.1 Å². The third kappa shape index (κ3) is 3.05. The molecule has 10 nitrogen and oxygen atoms in total. The van der Waals surface area contributed by atoms with Gasteiger partial charge in [0.05, 0.1) is 35.4 Å². The highest BCUT2D eigenvalue weighted by atomic mass is 19.1. The average Bonchev–Trinajstić information content (AvgIpc) is 3.49. The van der Waals surface area contributed by atoms with Gasteiger partial charge in [-0.1, -0.05) is 0 Å². The van der Waals surface area contributed by atoms with Crippen molar-refractivity contribution in [2.45, 2.75) is 45.1 Å². The summed E-state index contributed by atoms with van der Waals surface area (Å²) in [6, 6.07) is 3.33. The van der Waals surface area contributed by atoms with Gasteiger partial charge in [-0.25, -0.2) is 9.37 Å². The van der Waals surface area contributed by atoms with Crippen LogP contribution in [-0.2, 0) is 40.4 Å². The van der Waals surface area contributed by atoms with E-state index in [4.69, 9.17) is 19.2 Å². The number of pyridine rings is 2. The van der Waals surface area contributed by atoms with Crippen molar-refractivity contribution in [3.05, 3.63) is 50.6 Å². The lowest BCUT2D eigenvalue weighted by Gasteiger charge is -2.17. The Kier molecular flexibility index (Phi) is 4.44. The van der Waals surface area contributed by atoms with Crippen molar-refractivity contribution < 1.29 is 33.3 Å². The number of nitrogens with zero attached hydrogens (tertiary/aromatic N) is 2. The van der Waals surface area contributed by atoms with Gasteiger partial charge >= 0.3 is 5.97 Å². The van der Waals surface area contributed by atoms with Crippen LogP contribution in [0.3, 0.4) is 0 Å². The number of carbonyl (C=O) groups is 2. The second kappa shape index (κ2) is 7.50. The fourth-order valence-electron chi connectivity index (χ4n) is 5.25. The third-order valence-corrected chi connectivity index (χ3v) is 7.31. The molecule has 0 radical (unpaired) electrons. The van der Waals surface area contributed by atoms with Crippen LogP contribution in [0.15, 0.2) is 16.9 Å². The molecule has 1 aliphatic carbocycles. The minimum absolute atomic E-state index is 0.0172. The lowest BCUT2D eigenvalue weighted by Crippen LogP contribution is -2.35. The van der Waals surface area contributed by atoms with Gasteiger partial charge in [-0.3, -0.25) is 14.4 Å². The number of fused-ring (bicyclic) bond motifs is 6. The molecule has 1 saturated carbocycles. The van der Waals surface area contributed by atoms with Crippen LogP contribution in [0.5, 0.6) is 11.5 Å². The summed E-state index contributed by atoms with van der Waals surface area (Å²) in [5.74, 6) is -1.48. The summed E-state index contributed by atoms with van der Waals surface area (Å²) in [6.07, 6.45) is 0.433. The maximum atomic E-state index is 15.7. The number of esters is 1. The second-order valence-electron chi connectivity index (χ2n) is 9.50. The van der Waals surface area contributed by atoms with Crippen LogP contribution in [0.4, 0.5) is 4.39 Å². The number of amides is 1. The number of aliphatic hydroxyl groups excluding tert-OH is 1. The van der Waals surface area contributed by atoms with Crippen molar-refractivity contribution >= 4 is 22.8 Å². The van der Waals surface area contributed by atoms with Gasteiger partial charge in [0.25, 0.3) is 5.56 Å². The molecule has 7 rings (SSSR count). The van der Waals surface area contributed by atoms with Crippen LogP contribution >= 0.6 is 0 Å². The van der Waals surface area contributed by atoms with Gasteiger partial charge in [0.2, 0.25) is 18.4 Å². The molecule has 1 amide bonds. The Labute approximate surface area is 202 Å². The number of ether oxygens (including phenoxy) is 3. The average molecular weight is 493 g/mol. The first-order valence-electron chi connectivity index (χ1n) is 11.7. The van der Waals surface area contributed by atoms with Crippen molar-refractivity contribution in [2.24, 2.45) is 5.92 Å². The number of aliphatic hydroxyl groups is 1. The Morgan fingerprint density at radius 3 is 2.86 bits per heavy atom. The number of hydrogen-bond donors (Lipinski definition) is 2. The van der Waals surface area contributed by atoms with Crippen LogP contribution < -0.4 is 20.3 Å². The maximum absolute atomic E-state index is 15.7. The van der Waals surface area contributed by atoms with Crippen LogP contribution in [0, 0.1) is 11.7 Å². The highest BCUT2D eigenvalue weighted by Gasteiger charge is 2.36. The maximum Gasteiger partial charge on any atom is 0.310 e. The molecule has 3 aliphatic heterocycles. The number of benzene rings is 1. The fraction of sp³-hybridized carbons (Fsp3) is 0.360. The summed E-state index contributed by atoms with van der Waals surface area (Å²) < 4.78 is 33.0. The molecule has 5 heterocycles. The van der Waals surface area contributed by atoms with E-state index in [1.165, 1.54) is 4.57 Å². The summed E-state index contributed by atoms with van der Waals surface area (Å²) in [5.41, 5.74) is 2.96. The molecule has 1 atom stereocenters. The Balaban J connectivity index is 1.41. The number of carbonyl (C=O) groups excluding carboxylic acids is 2. The van der Waals surface area contributed by atoms with Gasteiger partial charge in [-0.2, -0.15) is 0 Å². The molecule has 0 saturated heterocycles. The van der Waals surface area contributed by atoms with E-state index in [1.807, 2.05) is 0 Å². The lowest BCUT2D eigenvalue weighted by molar-refractivity contribution is -0.145. The number of hydrogen-bond acceptors (Lipinski definition) is 8. The second-order valence-corrected chi connectivity index (χ2v) is 9.50. The number of aromatic nitrogens is 2. The molecule has 2 N–H and O–H groups in total. The zero-order valence-corrected chi connectivity index (χ0v) is 18.9. The number of nitrogens with one attached hydrogen (secondary N) is 1. The van der Waals surface area contributed by atoms with E-state index in [0.717, 1.165) is 12.8 Å². The molecule has 3 aromatic rings. The van der Waals surface area contributed by atoms with Gasteiger partial charge < -0.3 is 29.2 Å². The van der Waals surface area contributed by atoms with E-state index >= 15 is 4.39 Å². The lowest BCUT2D eigenvalue weighted by atomic mass is 9.98. The first-order chi connectivity index (χ1) is 17.4. The molecule has 1 unspecified atom stereocenters. The van der Waals surface area contributed by atoms with Gasteiger partial charge in [0.15, 0.2) is 11.6 Å². The first-order valence-corrected chi connectivity index (χ1v) is 11.7. The van der Waals surface area contributed by atoms with Crippen molar-refractivity contribution in [2.75, 3.05) is 6.79 Å². The molecule has 184 valence electrons. The summed E-state index contributed by atoms with van der Waals surface area (Å²) in [5, 5.41) is 13.1. The molecule has 1 aromatic carbocycles. The number of halogens is 1. The summed E-state index contributed by atoms with van der Waals surface area (Å²) in [6.45, 7) is -0.193. The van der Waals surface area contributed by atoms with E-state index in [9.17, 15) is 19.5 Å². The summed E-state index contributed by atoms with van der Waals surface area (Å²) in [7, 11) is 0. The molecule has 11 heteroatoms. The van der Waals surface area contributed by atoms with E-state index in [1.54, 1.807) is 12.1 Å². The normalized spacial score (nSPS) is 17.9. The zero-order valence-electron chi connectivity index (χ0n) is 18.9. The molecule has 36 heavy (non-hydrogen) atoms. The van der Waals surface area contributed by atoms with Crippen molar-refractivity contribution in [1.29, 1.82) is 0 Å². The molecule has 0 spiro atoms.